The fourth-order valence-corrected chi connectivity index (χ4v) is 2.70. The van der Waals surface area contributed by atoms with Crippen LogP contribution in [0.3, 0.4) is 0 Å². The number of benzene rings is 1. The topological polar surface area (TPSA) is 68.6 Å². The molecule has 0 amide bonds. The summed E-state index contributed by atoms with van der Waals surface area (Å²) in [6, 6.07) is 12.0. The Labute approximate surface area is 144 Å². The van der Waals surface area contributed by atoms with Gasteiger partial charge in [-0.15, -0.1) is 0 Å². The Morgan fingerprint density at radius 3 is 2.58 bits per heavy atom. The quantitative estimate of drug-likeness (QED) is 0.613. The molecular weight excluding hydrogens is 305 g/mol. The smallest absolute Gasteiger partial charge is 0.460 e. The molecule has 2 atom stereocenters. The lowest BCUT2D eigenvalue weighted by Gasteiger charge is -2.33. The highest BCUT2D eigenvalue weighted by atomic mass is 16.6. The normalized spacial score (nSPS) is 21.2. The maximum atomic E-state index is 12.0. The van der Waals surface area contributed by atoms with E-state index in [1.807, 2.05) is 51.1 Å². The number of hydrogen-bond acceptors (Lipinski definition) is 5. The van der Waals surface area contributed by atoms with Crippen LogP contribution in [0.5, 0.6) is 0 Å². The average Bonchev–Trinajstić information content (AvgIpc) is 2.46. The van der Waals surface area contributed by atoms with Crippen molar-refractivity contribution in [2.24, 2.45) is 0 Å². The van der Waals surface area contributed by atoms with Crippen molar-refractivity contribution in [2.75, 3.05) is 0 Å². The Morgan fingerprint density at radius 2 is 1.96 bits per heavy atom. The zero-order valence-corrected chi connectivity index (χ0v) is 14.5. The Morgan fingerprint density at radius 1 is 1.29 bits per heavy atom. The fraction of sp³-hybridized carbons (Fsp3) is 0.556. The first-order valence-corrected chi connectivity index (χ1v) is 8.29. The molecule has 2 rings (SSSR count). The molecule has 1 aromatic rings. The van der Waals surface area contributed by atoms with Gasteiger partial charge in [-0.25, -0.2) is 0 Å². The molecule has 1 saturated heterocycles. The Bertz CT molecular complexity index is 579. The van der Waals surface area contributed by atoms with Crippen LogP contribution in [0.2, 0.25) is 0 Å². The maximum absolute atomic E-state index is 12.0. The highest BCUT2D eigenvalue weighted by Crippen LogP contribution is 2.24. The summed E-state index contributed by atoms with van der Waals surface area (Å²) in [6.07, 6.45) is 1.07. The number of ether oxygens (including phenoxy) is 1. The van der Waals surface area contributed by atoms with Crippen LogP contribution in [0.15, 0.2) is 30.3 Å². The van der Waals surface area contributed by atoms with Crippen molar-refractivity contribution in [3.05, 3.63) is 35.9 Å². The van der Waals surface area contributed by atoms with E-state index in [0.717, 1.165) is 5.56 Å². The molecule has 1 aromatic carbocycles. The lowest BCUT2D eigenvalue weighted by Crippen LogP contribution is -2.44. The number of nitrogens with zero attached hydrogens (tertiary/aromatic N) is 1. The summed E-state index contributed by atoms with van der Waals surface area (Å²) in [6.45, 7) is 5.52. The molecule has 0 unspecified atom stereocenters. The van der Waals surface area contributed by atoms with E-state index in [1.165, 1.54) is 0 Å². The highest BCUT2D eigenvalue weighted by Gasteiger charge is 2.35. The molecular formula is C18H24BNO4. The number of carbonyl (C=O) groups excluding carboxylic acids is 1. The van der Waals surface area contributed by atoms with E-state index in [1.54, 1.807) is 0 Å². The van der Waals surface area contributed by atoms with Gasteiger partial charge in [-0.3, -0.25) is 4.79 Å². The molecule has 0 aromatic heterocycles. The van der Waals surface area contributed by atoms with Gasteiger partial charge in [0, 0.05) is 6.32 Å². The van der Waals surface area contributed by atoms with Crippen molar-refractivity contribution in [1.29, 1.82) is 5.26 Å². The largest absolute Gasteiger partial charge is 0.461 e. The molecule has 0 radical (unpaired) electrons. The van der Waals surface area contributed by atoms with Gasteiger partial charge in [0.2, 0.25) is 0 Å². The Balaban J connectivity index is 1.97. The Hall–Kier alpha value is -1.84. The van der Waals surface area contributed by atoms with Gasteiger partial charge in [0.15, 0.2) is 0 Å². The van der Waals surface area contributed by atoms with Gasteiger partial charge >= 0.3 is 13.1 Å². The molecule has 0 aliphatic carbocycles. The van der Waals surface area contributed by atoms with Gasteiger partial charge in [0.25, 0.3) is 0 Å². The standard InChI is InChI=1S/C18H24BNO4/c1-18(2,3)22-17(21)12-16-11-15(9-10-20)23-19(24-16)13-14-7-5-4-6-8-14/h4-8,15-16H,9,11-13H2,1-3H3/t15-,16-/m1/s1. The third-order valence-corrected chi connectivity index (χ3v) is 3.59. The van der Waals surface area contributed by atoms with E-state index in [0.29, 0.717) is 19.2 Å². The molecule has 0 saturated carbocycles. The van der Waals surface area contributed by atoms with Crippen LogP contribution >= 0.6 is 0 Å². The van der Waals surface area contributed by atoms with Crippen molar-refractivity contribution in [1.82, 2.24) is 0 Å². The fourth-order valence-electron chi connectivity index (χ4n) is 2.70. The van der Waals surface area contributed by atoms with Crippen molar-refractivity contribution >= 4 is 13.1 Å². The number of rotatable bonds is 5. The molecule has 1 aliphatic rings. The van der Waals surface area contributed by atoms with Crippen LogP contribution in [0.1, 0.15) is 45.6 Å². The number of carbonyl (C=O) groups is 1. The second-order valence-corrected chi connectivity index (χ2v) is 7.02. The van der Waals surface area contributed by atoms with E-state index < -0.39 is 12.7 Å². The predicted octanol–water partition coefficient (Wildman–Crippen LogP) is 3.08. The highest BCUT2D eigenvalue weighted by molar-refractivity contribution is 6.44. The summed E-state index contributed by atoms with van der Waals surface area (Å²) in [5.74, 6) is -0.288. The number of esters is 1. The molecule has 0 bridgehead atoms. The van der Waals surface area contributed by atoms with Gasteiger partial charge < -0.3 is 14.0 Å². The van der Waals surface area contributed by atoms with Gasteiger partial charge in [-0.2, -0.15) is 5.26 Å². The van der Waals surface area contributed by atoms with Crippen LogP contribution in [0.25, 0.3) is 0 Å². The third kappa shape index (κ3) is 6.35. The van der Waals surface area contributed by atoms with Gasteiger partial charge in [-0.05, 0) is 27.2 Å². The zero-order valence-electron chi connectivity index (χ0n) is 14.5. The van der Waals surface area contributed by atoms with E-state index in [4.69, 9.17) is 19.3 Å². The summed E-state index contributed by atoms with van der Waals surface area (Å²) in [7, 11) is -0.452. The second-order valence-electron chi connectivity index (χ2n) is 7.02. The molecule has 1 aliphatic heterocycles. The Kier molecular flexibility index (Phi) is 6.41. The number of hydrogen-bond donors (Lipinski definition) is 0. The minimum Gasteiger partial charge on any atom is -0.460 e. The molecule has 5 nitrogen and oxygen atoms in total. The van der Waals surface area contributed by atoms with E-state index in [9.17, 15) is 4.79 Å². The monoisotopic (exact) mass is 329 g/mol. The summed E-state index contributed by atoms with van der Waals surface area (Å²) < 4.78 is 17.1. The van der Waals surface area contributed by atoms with Crippen molar-refractivity contribution in [3.63, 3.8) is 0 Å². The molecule has 128 valence electrons. The first-order chi connectivity index (χ1) is 11.4. The molecule has 0 N–H and O–H groups in total. The third-order valence-electron chi connectivity index (χ3n) is 3.59. The minimum atomic E-state index is -0.516. The molecule has 1 heterocycles. The van der Waals surface area contributed by atoms with Crippen LogP contribution in [-0.4, -0.2) is 30.9 Å². The SMILES string of the molecule is CC(C)(C)OC(=O)C[C@H]1C[C@@H](CC#N)OB(Cc2ccccc2)O1. The molecule has 6 heteroatoms. The molecule has 1 fully saturated rings. The summed E-state index contributed by atoms with van der Waals surface area (Å²) >= 11 is 0. The molecule has 24 heavy (non-hydrogen) atoms. The summed E-state index contributed by atoms with van der Waals surface area (Å²) in [5, 5.41) is 8.95. The molecule has 0 spiro atoms. The van der Waals surface area contributed by atoms with Crippen LogP contribution in [0.4, 0.5) is 0 Å². The van der Waals surface area contributed by atoms with Crippen molar-refractivity contribution in [2.45, 2.75) is 64.2 Å². The van der Waals surface area contributed by atoms with Crippen molar-refractivity contribution in [3.8, 4) is 6.07 Å². The van der Waals surface area contributed by atoms with Crippen molar-refractivity contribution < 1.29 is 18.8 Å². The van der Waals surface area contributed by atoms with Gasteiger partial charge in [-0.1, -0.05) is 35.9 Å². The van der Waals surface area contributed by atoms with E-state index in [2.05, 4.69) is 6.07 Å². The lowest BCUT2D eigenvalue weighted by molar-refractivity contribution is -0.157. The predicted molar refractivity (Wildman–Crippen MR) is 91.0 cm³/mol. The number of nitriles is 1. The second kappa shape index (κ2) is 8.32. The van der Waals surface area contributed by atoms with E-state index in [-0.39, 0.29) is 24.6 Å². The maximum Gasteiger partial charge on any atom is 0.461 e. The van der Waals surface area contributed by atoms with Crippen LogP contribution in [-0.2, 0) is 25.2 Å². The zero-order chi connectivity index (χ0) is 17.6. The first kappa shape index (κ1) is 18.5. The summed E-state index contributed by atoms with van der Waals surface area (Å²) in [5.41, 5.74) is 0.578. The van der Waals surface area contributed by atoms with Crippen LogP contribution < -0.4 is 0 Å². The van der Waals surface area contributed by atoms with E-state index >= 15 is 0 Å². The minimum absolute atomic E-state index is 0.174. The van der Waals surface area contributed by atoms with Gasteiger partial charge in [0.1, 0.15) is 5.60 Å². The van der Waals surface area contributed by atoms with Crippen LogP contribution in [0, 0.1) is 11.3 Å². The lowest BCUT2D eigenvalue weighted by atomic mass is 9.77. The average molecular weight is 329 g/mol. The first-order valence-electron chi connectivity index (χ1n) is 8.29. The van der Waals surface area contributed by atoms with Gasteiger partial charge in [0.05, 0.1) is 31.1 Å². The summed E-state index contributed by atoms with van der Waals surface area (Å²) in [4.78, 5) is 12.0.